The van der Waals surface area contributed by atoms with Crippen LogP contribution in [0.15, 0.2) is 42.5 Å². The van der Waals surface area contributed by atoms with E-state index in [1.54, 1.807) is 10.6 Å². The number of nitrogens with one attached hydrogen (secondary N) is 1. The van der Waals surface area contributed by atoms with Gasteiger partial charge in [0.05, 0.1) is 29.3 Å². The highest BCUT2D eigenvalue weighted by Crippen LogP contribution is 2.45. The van der Waals surface area contributed by atoms with Crippen molar-refractivity contribution in [3.8, 4) is 17.5 Å². The van der Waals surface area contributed by atoms with Gasteiger partial charge >= 0.3 is 12.4 Å². The van der Waals surface area contributed by atoms with Gasteiger partial charge in [-0.1, -0.05) is 12.1 Å². The quantitative estimate of drug-likeness (QED) is 0.354. The third-order valence-corrected chi connectivity index (χ3v) is 5.80. The Labute approximate surface area is 188 Å². The fourth-order valence-electron chi connectivity index (χ4n) is 4.13. The molecule has 1 aliphatic carbocycles. The lowest BCUT2D eigenvalue weighted by molar-refractivity contribution is -0.138. The molecule has 4 aromatic rings. The summed E-state index contributed by atoms with van der Waals surface area (Å²) in [5.41, 5.74) is -1.12. The summed E-state index contributed by atoms with van der Waals surface area (Å²) in [4.78, 5) is 4.28. The molecule has 34 heavy (non-hydrogen) atoms. The number of H-pyrrole nitrogens is 1. The molecule has 5 rings (SSSR count). The van der Waals surface area contributed by atoms with Crippen LogP contribution < -0.4 is 0 Å². The molecule has 0 bridgehead atoms. The minimum atomic E-state index is -4.71. The van der Waals surface area contributed by atoms with Crippen LogP contribution in [0.4, 0.5) is 26.3 Å². The Morgan fingerprint density at radius 2 is 1.79 bits per heavy atom. The number of hydrogen-bond donors (Lipinski definition) is 1. The number of rotatable bonds is 4. The van der Waals surface area contributed by atoms with E-state index in [0.29, 0.717) is 11.2 Å². The average molecular weight is 475 g/mol. The summed E-state index contributed by atoms with van der Waals surface area (Å²) in [5.74, 6) is 0.419. The first kappa shape index (κ1) is 22.0. The summed E-state index contributed by atoms with van der Waals surface area (Å²) < 4.78 is 82.2. The first-order chi connectivity index (χ1) is 16.1. The molecule has 0 radical (unpaired) electrons. The van der Waals surface area contributed by atoms with Crippen LogP contribution in [0.1, 0.15) is 47.0 Å². The van der Waals surface area contributed by atoms with Crippen LogP contribution in [0, 0.1) is 11.3 Å². The maximum atomic E-state index is 13.8. The van der Waals surface area contributed by atoms with E-state index in [-0.39, 0.29) is 35.1 Å². The van der Waals surface area contributed by atoms with Crippen molar-refractivity contribution in [3.05, 3.63) is 70.7 Å². The number of halogens is 6. The monoisotopic (exact) mass is 475 g/mol. The second-order valence-electron chi connectivity index (χ2n) is 8.14. The SMILES string of the molecule is N#Cc1ccc2c(cc(C3CC3)n2Cc2nc(-c3cccc(C(F)(F)F)c3)n[nH]2)c1C(F)(F)F. The largest absolute Gasteiger partial charge is 0.418 e. The molecule has 0 atom stereocenters. The first-order valence-electron chi connectivity index (χ1n) is 10.3. The lowest BCUT2D eigenvalue weighted by Gasteiger charge is -2.12. The number of fused-ring (bicyclic) bond motifs is 1. The molecule has 0 amide bonds. The van der Waals surface area contributed by atoms with Crippen LogP contribution in [0.2, 0.25) is 0 Å². The average Bonchev–Trinajstić information content (AvgIpc) is 3.41. The summed E-state index contributed by atoms with van der Waals surface area (Å²) in [5, 5.41) is 15.8. The number of alkyl halides is 6. The minimum Gasteiger partial charge on any atom is -0.337 e. The maximum Gasteiger partial charge on any atom is 0.418 e. The van der Waals surface area contributed by atoms with Crippen LogP contribution in [-0.4, -0.2) is 19.7 Å². The Balaban J connectivity index is 1.56. The first-order valence-corrected chi connectivity index (χ1v) is 10.3. The van der Waals surface area contributed by atoms with E-state index in [0.717, 1.165) is 31.0 Å². The molecule has 2 aromatic carbocycles. The third-order valence-electron chi connectivity index (χ3n) is 5.80. The molecule has 1 aliphatic rings. The Morgan fingerprint density at radius 3 is 2.44 bits per heavy atom. The smallest absolute Gasteiger partial charge is 0.337 e. The molecule has 174 valence electrons. The van der Waals surface area contributed by atoms with Gasteiger partial charge in [0.25, 0.3) is 0 Å². The van der Waals surface area contributed by atoms with Gasteiger partial charge in [-0.2, -0.15) is 36.7 Å². The topological polar surface area (TPSA) is 70.3 Å². The highest BCUT2D eigenvalue weighted by Gasteiger charge is 2.38. The van der Waals surface area contributed by atoms with Crippen molar-refractivity contribution in [2.45, 2.75) is 37.7 Å². The van der Waals surface area contributed by atoms with Crippen molar-refractivity contribution >= 4 is 10.9 Å². The summed E-state index contributed by atoms with van der Waals surface area (Å²) in [6, 6.07) is 10.3. The van der Waals surface area contributed by atoms with E-state index in [9.17, 15) is 31.6 Å². The Kier molecular flexibility index (Phi) is 4.93. The number of aromatic nitrogens is 4. The summed E-state index contributed by atoms with van der Waals surface area (Å²) in [7, 11) is 0. The highest BCUT2D eigenvalue weighted by atomic mass is 19.4. The molecule has 0 saturated heterocycles. The van der Waals surface area contributed by atoms with E-state index < -0.39 is 29.0 Å². The van der Waals surface area contributed by atoms with Gasteiger partial charge in [0, 0.05) is 22.2 Å². The van der Waals surface area contributed by atoms with Gasteiger partial charge < -0.3 is 4.57 Å². The molecule has 0 spiro atoms. The van der Waals surface area contributed by atoms with Crippen molar-refractivity contribution in [3.63, 3.8) is 0 Å². The van der Waals surface area contributed by atoms with Crippen molar-refractivity contribution in [2.24, 2.45) is 0 Å². The molecule has 0 aliphatic heterocycles. The van der Waals surface area contributed by atoms with Gasteiger partial charge in [0.15, 0.2) is 5.82 Å². The standard InChI is InChI=1S/C23H15F6N5/c24-22(25,26)15-3-1-2-13(8-15)21-31-19(32-33-21)11-34-17-7-6-14(10-30)20(23(27,28)29)16(17)9-18(34)12-4-5-12/h1-3,6-9,12H,4-5,11H2,(H,31,32,33). The molecular formula is C23H15F6N5. The van der Waals surface area contributed by atoms with E-state index in [2.05, 4.69) is 15.2 Å². The number of aromatic amines is 1. The lowest BCUT2D eigenvalue weighted by Crippen LogP contribution is -2.09. The Morgan fingerprint density at radius 1 is 1.03 bits per heavy atom. The maximum absolute atomic E-state index is 13.8. The van der Waals surface area contributed by atoms with Crippen LogP contribution in [0.25, 0.3) is 22.3 Å². The molecule has 1 fully saturated rings. The molecule has 1 saturated carbocycles. The van der Waals surface area contributed by atoms with Crippen molar-refractivity contribution < 1.29 is 26.3 Å². The number of benzene rings is 2. The molecule has 11 heteroatoms. The Bertz CT molecular complexity index is 1430. The van der Waals surface area contributed by atoms with Crippen molar-refractivity contribution in [1.82, 2.24) is 19.7 Å². The summed E-state index contributed by atoms with van der Waals surface area (Å²) in [6.45, 7) is 0.0461. The fourth-order valence-corrected chi connectivity index (χ4v) is 4.13. The summed E-state index contributed by atoms with van der Waals surface area (Å²) in [6.07, 6.45) is -7.57. The van der Waals surface area contributed by atoms with Crippen LogP contribution in [0.3, 0.4) is 0 Å². The Hall–Kier alpha value is -3.81. The van der Waals surface area contributed by atoms with Gasteiger partial charge in [0.2, 0.25) is 0 Å². The third kappa shape index (κ3) is 3.89. The molecule has 1 N–H and O–H groups in total. The minimum absolute atomic E-state index is 0.0461. The van der Waals surface area contributed by atoms with Gasteiger partial charge in [0.1, 0.15) is 5.82 Å². The van der Waals surface area contributed by atoms with Gasteiger partial charge in [-0.15, -0.1) is 0 Å². The fraction of sp³-hybridized carbons (Fsp3) is 0.261. The van der Waals surface area contributed by atoms with Gasteiger partial charge in [-0.05, 0) is 49.1 Å². The van der Waals surface area contributed by atoms with Crippen LogP contribution in [-0.2, 0) is 18.9 Å². The van der Waals surface area contributed by atoms with Crippen molar-refractivity contribution in [1.29, 1.82) is 5.26 Å². The van der Waals surface area contributed by atoms with E-state index >= 15 is 0 Å². The van der Waals surface area contributed by atoms with E-state index in [1.807, 2.05) is 0 Å². The normalized spacial score (nSPS) is 14.5. The predicted octanol–water partition coefficient (Wildman–Crippen LogP) is 6.26. The second kappa shape index (κ2) is 7.62. The van der Waals surface area contributed by atoms with E-state index in [1.165, 1.54) is 24.3 Å². The molecule has 5 nitrogen and oxygen atoms in total. The summed E-state index contributed by atoms with van der Waals surface area (Å²) >= 11 is 0. The number of nitriles is 1. The lowest BCUT2D eigenvalue weighted by atomic mass is 10.0. The number of nitrogens with zero attached hydrogens (tertiary/aromatic N) is 4. The van der Waals surface area contributed by atoms with Gasteiger partial charge in [-0.25, -0.2) is 4.98 Å². The number of hydrogen-bond acceptors (Lipinski definition) is 3. The van der Waals surface area contributed by atoms with E-state index in [4.69, 9.17) is 0 Å². The predicted molar refractivity (Wildman–Crippen MR) is 110 cm³/mol. The van der Waals surface area contributed by atoms with Crippen LogP contribution in [0.5, 0.6) is 0 Å². The highest BCUT2D eigenvalue weighted by molar-refractivity contribution is 5.88. The zero-order chi connectivity index (χ0) is 24.3. The molecular weight excluding hydrogens is 460 g/mol. The zero-order valence-corrected chi connectivity index (χ0v) is 17.3. The van der Waals surface area contributed by atoms with Crippen molar-refractivity contribution in [2.75, 3.05) is 0 Å². The molecule has 2 aromatic heterocycles. The zero-order valence-electron chi connectivity index (χ0n) is 17.3. The molecule has 2 heterocycles. The van der Waals surface area contributed by atoms with Gasteiger partial charge in [-0.3, -0.25) is 5.10 Å². The second-order valence-corrected chi connectivity index (χ2v) is 8.14. The van der Waals surface area contributed by atoms with Crippen LogP contribution >= 0.6 is 0 Å². The molecule has 0 unspecified atom stereocenters.